The van der Waals surface area contributed by atoms with Crippen molar-refractivity contribution in [1.29, 1.82) is 0 Å². The number of hydrogen-bond donors (Lipinski definition) is 1. The third-order valence-electron chi connectivity index (χ3n) is 3.98. The maximum Gasteiger partial charge on any atom is 0.148 e. The van der Waals surface area contributed by atoms with E-state index in [1.54, 1.807) is 6.33 Å². The highest BCUT2D eigenvalue weighted by molar-refractivity contribution is 5.12. The fourth-order valence-electron chi connectivity index (χ4n) is 2.81. The summed E-state index contributed by atoms with van der Waals surface area (Å²) in [5.74, 6) is 0.935. The molecule has 100 valence electrons. The maximum atomic E-state index is 4.63. The molecule has 1 fully saturated rings. The molecule has 1 saturated heterocycles. The lowest BCUT2D eigenvalue weighted by atomic mass is 9.97. The molecule has 5 nitrogen and oxygen atoms in total. The topological polar surface area (TPSA) is 57.7 Å². The van der Waals surface area contributed by atoms with Crippen molar-refractivity contribution in [2.75, 3.05) is 6.54 Å². The van der Waals surface area contributed by atoms with Gasteiger partial charge in [0.15, 0.2) is 0 Å². The highest BCUT2D eigenvalue weighted by Gasteiger charge is 2.40. The van der Waals surface area contributed by atoms with Gasteiger partial charge in [0.2, 0.25) is 0 Å². The summed E-state index contributed by atoms with van der Waals surface area (Å²) in [5, 5.41) is 0. The van der Waals surface area contributed by atoms with E-state index in [-0.39, 0.29) is 5.54 Å². The van der Waals surface area contributed by atoms with E-state index in [9.17, 15) is 0 Å². The van der Waals surface area contributed by atoms with Gasteiger partial charge in [0, 0.05) is 30.3 Å². The molecule has 1 N–H and O–H groups in total. The predicted molar refractivity (Wildman–Crippen MR) is 72.4 cm³/mol. The second-order valence-electron chi connectivity index (χ2n) is 5.40. The average molecular weight is 257 g/mol. The second kappa shape index (κ2) is 4.74. The fraction of sp³-hybridized carbons (Fsp3) is 0.500. The first-order chi connectivity index (χ1) is 9.18. The number of aromatic nitrogens is 4. The van der Waals surface area contributed by atoms with E-state index in [0.717, 1.165) is 36.7 Å². The van der Waals surface area contributed by atoms with Gasteiger partial charge in [-0.15, -0.1) is 0 Å². The first kappa shape index (κ1) is 12.3. The van der Waals surface area contributed by atoms with Crippen LogP contribution >= 0.6 is 0 Å². The van der Waals surface area contributed by atoms with Gasteiger partial charge < -0.3 is 4.98 Å². The van der Waals surface area contributed by atoms with E-state index in [4.69, 9.17) is 0 Å². The summed E-state index contributed by atoms with van der Waals surface area (Å²) >= 11 is 0. The lowest BCUT2D eigenvalue weighted by Gasteiger charge is -2.33. The minimum atomic E-state index is -0.0723. The number of aromatic amines is 1. The molecule has 2 aromatic rings. The Hall–Kier alpha value is -1.75. The molecule has 0 bridgehead atoms. The molecule has 1 atom stereocenters. The Morgan fingerprint density at radius 1 is 1.47 bits per heavy atom. The van der Waals surface area contributed by atoms with Gasteiger partial charge in [-0.2, -0.15) is 0 Å². The SMILES string of the molecule is Cc1ccnc(C2(C)CCCN2Cc2cnc[nH]2)n1. The number of nitrogens with one attached hydrogen (secondary N) is 1. The van der Waals surface area contributed by atoms with E-state index in [1.807, 2.05) is 25.4 Å². The molecular formula is C14H19N5. The number of likely N-dealkylation sites (tertiary alicyclic amines) is 1. The minimum absolute atomic E-state index is 0.0723. The minimum Gasteiger partial charge on any atom is -0.347 e. The van der Waals surface area contributed by atoms with Crippen LogP contribution < -0.4 is 0 Å². The summed E-state index contributed by atoms with van der Waals surface area (Å²) in [6.45, 7) is 6.20. The Morgan fingerprint density at radius 2 is 2.37 bits per heavy atom. The Morgan fingerprint density at radius 3 is 3.11 bits per heavy atom. The Bertz CT molecular complexity index is 551. The molecule has 5 heteroatoms. The van der Waals surface area contributed by atoms with Crippen LogP contribution in [0, 0.1) is 6.92 Å². The molecule has 0 aliphatic carbocycles. The van der Waals surface area contributed by atoms with Crippen molar-refractivity contribution in [3.05, 3.63) is 42.0 Å². The molecule has 0 amide bonds. The van der Waals surface area contributed by atoms with Crippen molar-refractivity contribution in [3.8, 4) is 0 Å². The zero-order valence-electron chi connectivity index (χ0n) is 11.4. The molecular weight excluding hydrogens is 238 g/mol. The van der Waals surface area contributed by atoms with Crippen LogP contribution in [0.4, 0.5) is 0 Å². The van der Waals surface area contributed by atoms with E-state index < -0.39 is 0 Å². The van der Waals surface area contributed by atoms with E-state index >= 15 is 0 Å². The normalized spacial score (nSPS) is 23.9. The van der Waals surface area contributed by atoms with Crippen LogP contribution in [-0.2, 0) is 12.1 Å². The lowest BCUT2D eigenvalue weighted by molar-refractivity contribution is 0.136. The summed E-state index contributed by atoms with van der Waals surface area (Å²) in [7, 11) is 0. The van der Waals surface area contributed by atoms with E-state index in [1.165, 1.54) is 6.42 Å². The molecule has 0 saturated carbocycles. The van der Waals surface area contributed by atoms with E-state index in [2.05, 4.69) is 31.8 Å². The molecule has 19 heavy (non-hydrogen) atoms. The van der Waals surface area contributed by atoms with Crippen LogP contribution in [0.15, 0.2) is 24.8 Å². The van der Waals surface area contributed by atoms with Gasteiger partial charge in [-0.3, -0.25) is 4.90 Å². The summed E-state index contributed by atoms with van der Waals surface area (Å²) < 4.78 is 0. The first-order valence-corrected chi connectivity index (χ1v) is 6.71. The predicted octanol–water partition coefficient (Wildman–Crippen LogP) is 2.02. The number of imidazole rings is 1. The quantitative estimate of drug-likeness (QED) is 0.914. The molecule has 3 rings (SSSR count). The molecule has 0 radical (unpaired) electrons. The molecule has 0 aromatic carbocycles. The third kappa shape index (κ3) is 2.26. The highest BCUT2D eigenvalue weighted by Crippen LogP contribution is 2.37. The Balaban J connectivity index is 1.88. The third-order valence-corrected chi connectivity index (χ3v) is 3.98. The van der Waals surface area contributed by atoms with Gasteiger partial charge >= 0.3 is 0 Å². The van der Waals surface area contributed by atoms with Crippen LogP contribution in [0.3, 0.4) is 0 Å². The Kier molecular flexibility index (Phi) is 3.06. The fourth-order valence-corrected chi connectivity index (χ4v) is 2.81. The summed E-state index contributed by atoms with van der Waals surface area (Å²) in [4.78, 5) is 18.8. The van der Waals surface area contributed by atoms with Gasteiger partial charge in [0.1, 0.15) is 5.82 Å². The molecule has 1 aliphatic heterocycles. The zero-order chi connectivity index (χ0) is 13.3. The molecule has 1 unspecified atom stereocenters. The standard InChI is InChI=1S/C14H19N5/c1-11-4-6-16-13(18-11)14(2)5-3-7-19(14)9-12-8-15-10-17-12/h4,6,8,10H,3,5,7,9H2,1-2H3,(H,15,17). The van der Waals surface area contributed by atoms with Gasteiger partial charge in [0.25, 0.3) is 0 Å². The lowest BCUT2D eigenvalue weighted by Crippen LogP contribution is -2.39. The van der Waals surface area contributed by atoms with Gasteiger partial charge in [-0.05, 0) is 39.3 Å². The van der Waals surface area contributed by atoms with Gasteiger partial charge in [-0.25, -0.2) is 15.0 Å². The summed E-state index contributed by atoms with van der Waals surface area (Å²) in [6, 6.07) is 1.95. The van der Waals surface area contributed by atoms with Crippen molar-refractivity contribution >= 4 is 0 Å². The van der Waals surface area contributed by atoms with Gasteiger partial charge in [0.05, 0.1) is 11.9 Å². The van der Waals surface area contributed by atoms with E-state index in [0.29, 0.717) is 0 Å². The molecule has 0 spiro atoms. The smallest absolute Gasteiger partial charge is 0.148 e. The first-order valence-electron chi connectivity index (χ1n) is 6.71. The van der Waals surface area contributed by atoms with Crippen LogP contribution in [0.5, 0.6) is 0 Å². The van der Waals surface area contributed by atoms with Crippen LogP contribution in [-0.4, -0.2) is 31.4 Å². The monoisotopic (exact) mass is 257 g/mol. The zero-order valence-corrected chi connectivity index (χ0v) is 11.4. The summed E-state index contributed by atoms with van der Waals surface area (Å²) in [5.41, 5.74) is 2.09. The number of aryl methyl sites for hydroxylation is 1. The summed E-state index contributed by atoms with van der Waals surface area (Å²) in [6.07, 6.45) is 7.75. The van der Waals surface area contributed by atoms with Crippen molar-refractivity contribution in [1.82, 2.24) is 24.8 Å². The van der Waals surface area contributed by atoms with Crippen molar-refractivity contribution < 1.29 is 0 Å². The van der Waals surface area contributed by atoms with Crippen molar-refractivity contribution in [2.24, 2.45) is 0 Å². The van der Waals surface area contributed by atoms with Crippen molar-refractivity contribution in [3.63, 3.8) is 0 Å². The largest absolute Gasteiger partial charge is 0.347 e. The van der Waals surface area contributed by atoms with Crippen LogP contribution in [0.25, 0.3) is 0 Å². The average Bonchev–Trinajstić information content (AvgIpc) is 3.02. The van der Waals surface area contributed by atoms with Crippen LogP contribution in [0.2, 0.25) is 0 Å². The number of rotatable bonds is 3. The number of nitrogens with zero attached hydrogens (tertiary/aromatic N) is 4. The maximum absolute atomic E-state index is 4.63. The number of hydrogen-bond acceptors (Lipinski definition) is 4. The van der Waals surface area contributed by atoms with Crippen molar-refractivity contribution in [2.45, 2.75) is 38.8 Å². The number of H-pyrrole nitrogens is 1. The molecule has 1 aliphatic rings. The Labute approximate surface area is 113 Å². The highest BCUT2D eigenvalue weighted by atomic mass is 15.2. The second-order valence-corrected chi connectivity index (χ2v) is 5.40. The molecule has 2 aromatic heterocycles. The van der Waals surface area contributed by atoms with Crippen LogP contribution in [0.1, 0.15) is 37.0 Å². The molecule has 3 heterocycles. The van der Waals surface area contributed by atoms with Gasteiger partial charge in [-0.1, -0.05) is 0 Å².